The number of hydrogen-bond acceptors (Lipinski definition) is 6. The quantitative estimate of drug-likeness (QED) is 0.437. The van der Waals surface area contributed by atoms with E-state index in [-0.39, 0.29) is 22.5 Å². The van der Waals surface area contributed by atoms with Crippen LogP contribution in [0.4, 0.5) is 19.6 Å². The Kier molecular flexibility index (Phi) is 6.55. The van der Waals surface area contributed by atoms with E-state index in [0.29, 0.717) is 21.0 Å². The van der Waals surface area contributed by atoms with Crippen molar-refractivity contribution >= 4 is 57.3 Å². The van der Waals surface area contributed by atoms with E-state index in [1.807, 2.05) is 0 Å². The summed E-state index contributed by atoms with van der Waals surface area (Å²) in [4.78, 5) is 24.0. The maximum absolute atomic E-state index is 13.5. The van der Waals surface area contributed by atoms with Crippen LogP contribution in [0.5, 0.6) is 0 Å². The maximum atomic E-state index is 13.5. The molecule has 0 atom stereocenters. The zero-order valence-corrected chi connectivity index (χ0v) is 16.3. The van der Waals surface area contributed by atoms with Gasteiger partial charge in [0.05, 0.1) is 11.4 Å². The molecule has 1 heterocycles. The van der Waals surface area contributed by atoms with Crippen LogP contribution in [0, 0.1) is 11.6 Å². The van der Waals surface area contributed by atoms with Crippen molar-refractivity contribution < 1.29 is 18.4 Å². The third kappa shape index (κ3) is 5.47. The predicted octanol–water partition coefficient (Wildman–Crippen LogP) is 4.45. The number of amides is 2. The van der Waals surface area contributed by atoms with E-state index in [1.54, 1.807) is 18.2 Å². The monoisotopic (exact) mass is 440 g/mol. The largest absolute Gasteiger partial charge is 0.323 e. The zero-order valence-electron chi connectivity index (χ0n) is 13.9. The molecule has 144 valence electrons. The molecular formula is C17H11ClF2N4O2S2. The average molecular weight is 441 g/mol. The summed E-state index contributed by atoms with van der Waals surface area (Å²) in [6.45, 7) is 0. The van der Waals surface area contributed by atoms with Crippen LogP contribution in [-0.4, -0.2) is 27.8 Å². The van der Waals surface area contributed by atoms with E-state index in [9.17, 15) is 18.4 Å². The van der Waals surface area contributed by atoms with Gasteiger partial charge >= 0.3 is 0 Å². The minimum Gasteiger partial charge on any atom is -0.323 e. The molecule has 1 aromatic heterocycles. The number of halogens is 3. The summed E-state index contributed by atoms with van der Waals surface area (Å²) in [5.74, 6) is -2.53. The summed E-state index contributed by atoms with van der Waals surface area (Å²) in [6, 6.07) is 9.31. The molecule has 0 radical (unpaired) electrons. The molecule has 0 saturated heterocycles. The molecule has 3 aromatic rings. The maximum Gasteiger partial charge on any atom is 0.257 e. The van der Waals surface area contributed by atoms with Crippen molar-refractivity contribution in [3.63, 3.8) is 0 Å². The number of nitrogens with zero attached hydrogens (tertiary/aromatic N) is 2. The molecule has 2 amide bonds. The van der Waals surface area contributed by atoms with Crippen molar-refractivity contribution in [1.82, 2.24) is 10.2 Å². The lowest BCUT2D eigenvalue weighted by atomic mass is 10.2. The molecule has 11 heteroatoms. The molecule has 2 N–H and O–H groups in total. The van der Waals surface area contributed by atoms with Gasteiger partial charge in [-0.15, -0.1) is 10.2 Å². The fourth-order valence-corrected chi connectivity index (χ4v) is 3.76. The average Bonchev–Trinajstić information content (AvgIpc) is 3.10. The molecule has 6 nitrogen and oxygen atoms in total. The summed E-state index contributed by atoms with van der Waals surface area (Å²) >= 11 is 8.01. The zero-order chi connectivity index (χ0) is 20.1. The number of rotatable bonds is 6. The highest BCUT2D eigenvalue weighted by molar-refractivity contribution is 8.01. The van der Waals surface area contributed by atoms with Crippen molar-refractivity contribution in [3.05, 3.63) is 64.7 Å². The van der Waals surface area contributed by atoms with E-state index in [4.69, 9.17) is 11.6 Å². The van der Waals surface area contributed by atoms with Crippen LogP contribution in [-0.2, 0) is 4.79 Å². The third-order valence-corrected chi connectivity index (χ3v) is 5.45. The van der Waals surface area contributed by atoms with Crippen LogP contribution in [0.15, 0.2) is 46.8 Å². The van der Waals surface area contributed by atoms with Gasteiger partial charge in [0.25, 0.3) is 5.91 Å². The van der Waals surface area contributed by atoms with Gasteiger partial charge in [-0.3, -0.25) is 14.9 Å². The molecule has 0 fully saturated rings. The molecule has 0 spiro atoms. The Morgan fingerprint density at radius 1 is 1.11 bits per heavy atom. The predicted molar refractivity (Wildman–Crippen MR) is 105 cm³/mol. The van der Waals surface area contributed by atoms with E-state index >= 15 is 0 Å². The van der Waals surface area contributed by atoms with Gasteiger partial charge in [0, 0.05) is 16.7 Å². The van der Waals surface area contributed by atoms with Gasteiger partial charge in [-0.25, -0.2) is 8.78 Å². The van der Waals surface area contributed by atoms with E-state index in [1.165, 1.54) is 6.07 Å². The van der Waals surface area contributed by atoms with E-state index in [0.717, 1.165) is 35.2 Å². The summed E-state index contributed by atoms with van der Waals surface area (Å²) in [6.07, 6.45) is 0. The molecule has 2 aromatic carbocycles. The number of thioether (sulfide) groups is 1. The highest BCUT2D eigenvalue weighted by atomic mass is 35.5. The molecular weight excluding hydrogens is 430 g/mol. The first-order valence-electron chi connectivity index (χ1n) is 7.69. The first-order chi connectivity index (χ1) is 13.4. The van der Waals surface area contributed by atoms with Gasteiger partial charge in [0.15, 0.2) is 4.34 Å². The lowest BCUT2D eigenvalue weighted by Crippen LogP contribution is -2.15. The SMILES string of the molecule is O=C(CSc1nnc(NC(=O)c2cccc(Cl)c2)s1)Nc1ccc(F)cc1F. The minimum atomic E-state index is -0.861. The number of carbonyl (C=O) groups is 2. The summed E-state index contributed by atoms with van der Waals surface area (Å²) in [5, 5.41) is 13.4. The highest BCUT2D eigenvalue weighted by Crippen LogP contribution is 2.26. The molecule has 0 aliphatic rings. The molecule has 0 saturated carbocycles. The Balaban J connectivity index is 1.53. The molecule has 0 aliphatic carbocycles. The first-order valence-corrected chi connectivity index (χ1v) is 9.87. The van der Waals surface area contributed by atoms with Crippen molar-refractivity contribution in [2.45, 2.75) is 4.34 Å². The third-order valence-electron chi connectivity index (χ3n) is 3.25. The second-order valence-corrected chi connectivity index (χ2v) is 7.94. The van der Waals surface area contributed by atoms with Crippen LogP contribution >= 0.6 is 34.7 Å². The molecule has 0 bridgehead atoms. The lowest BCUT2D eigenvalue weighted by Gasteiger charge is -2.05. The van der Waals surface area contributed by atoms with Crippen LogP contribution in [0.1, 0.15) is 10.4 Å². The van der Waals surface area contributed by atoms with Crippen molar-refractivity contribution in [3.8, 4) is 0 Å². The summed E-state index contributed by atoms with van der Waals surface area (Å²) < 4.78 is 26.8. The van der Waals surface area contributed by atoms with Crippen LogP contribution in [0.2, 0.25) is 5.02 Å². The molecule has 3 rings (SSSR count). The van der Waals surface area contributed by atoms with Gasteiger partial charge in [-0.1, -0.05) is 40.8 Å². The number of aromatic nitrogens is 2. The summed E-state index contributed by atoms with van der Waals surface area (Å²) in [5.41, 5.74) is 0.261. The number of anilines is 2. The second kappa shape index (κ2) is 9.09. The van der Waals surface area contributed by atoms with E-state index < -0.39 is 17.5 Å². The Hall–Kier alpha value is -2.56. The fraction of sp³-hybridized carbons (Fsp3) is 0.0588. The van der Waals surface area contributed by atoms with Gasteiger partial charge in [-0.05, 0) is 30.3 Å². The Bertz CT molecular complexity index is 1030. The first kappa shape index (κ1) is 20.2. The fourth-order valence-electron chi connectivity index (χ4n) is 2.02. The number of nitrogens with one attached hydrogen (secondary N) is 2. The Labute approximate surface area is 171 Å². The van der Waals surface area contributed by atoms with Crippen LogP contribution < -0.4 is 10.6 Å². The number of benzene rings is 2. The number of hydrogen-bond donors (Lipinski definition) is 2. The van der Waals surface area contributed by atoms with Gasteiger partial charge < -0.3 is 5.32 Å². The smallest absolute Gasteiger partial charge is 0.257 e. The van der Waals surface area contributed by atoms with Crippen molar-refractivity contribution in [2.75, 3.05) is 16.4 Å². The Morgan fingerprint density at radius 3 is 2.68 bits per heavy atom. The van der Waals surface area contributed by atoms with E-state index in [2.05, 4.69) is 20.8 Å². The normalized spacial score (nSPS) is 10.5. The van der Waals surface area contributed by atoms with Crippen molar-refractivity contribution in [2.24, 2.45) is 0 Å². The molecule has 0 aliphatic heterocycles. The van der Waals surface area contributed by atoms with Gasteiger partial charge in [-0.2, -0.15) is 0 Å². The number of carbonyl (C=O) groups excluding carboxylic acids is 2. The standard InChI is InChI=1S/C17H11ClF2N4O2S2/c18-10-3-1-2-9(6-10)15(26)22-16-23-24-17(28-16)27-8-14(25)21-13-5-4-11(19)7-12(13)20/h1-7H,8H2,(H,21,25)(H,22,23,26). The topological polar surface area (TPSA) is 84.0 Å². The van der Waals surface area contributed by atoms with Gasteiger partial charge in [0.1, 0.15) is 11.6 Å². The molecule has 28 heavy (non-hydrogen) atoms. The second-order valence-electron chi connectivity index (χ2n) is 5.30. The highest BCUT2D eigenvalue weighted by Gasteiger charge is 2.13. The minimum absolute atomic E-state index is 0.0618. The molecule has 0 unspecified atom stereocenters. The van der Waals surface area contributed by atoms with Crippen LogP contribution in [0.25, 0.3) is 0 Å². The summed E-state index contributed by atoms with van der Waals surface area (Å²) in [7, 11) is 0. The lowest BCUT2D eigenvalue weighted by molar-refractivity contribution is -0.113. The van der Waals surface area contributed by atoms with Gasteiger partial charge in [0.2, 0.25) is 11.0 Å². The Morgan fingerprint density at radius 2 is 1.93 bits per heavy atom. The van der Waals surface area contributed by atoms with Crippen molar-refractivity contribution in [1.29, 1.82) is 0 Å². The van der Waals surface area contributed by atoms with Crippen LogP contribution in [0.3, 0.4) is 0 Å².